The summed E-state index contributed by atoms with van der Waals surface area (Å²) in [6.07, 6.45) is 0. The molecule has 0 saturated carbocycles. The monoisotopic (exact) mass is 167 g/mol. The largest absolute Gasteiger partial charge is 0.491 e. The first-order valence-electron chi connectivity index (χ1n) is 3.55. The first-order valence-corrected chi connectivity index (χ1v) is 3.55. The molecule has 0 bridgehead atoms. The highest BCUT2D eigenvalue weighted by molar-refractivity contribution is 5.47. The molecule has 0 aliphatic carbocycles. The van der Waals surface area contributed by atoms with E-state index in [2.05, 4.69) is 4.98 Å². The number of halogens is 1. The number of diazo groups is 1. The van der Waals surface area contributed by atoms with Crippen LogP contribution in [0, 0.1) is 11.2 Å². The van der Waals surface area contributed by atoms with E-state index in [4.69, 9.17) is 10.1 Å². The molecule has 0 aromatic heterocycles. The zero-order valence-corrected chi connectivity index (χ0v) is 6.62. The lowest BCUT2D eigenvalue weighted by molar-refractivity contribution is 0.321. The molecular weight excluding hydrogens is 159 g/mol. The Hall–Kier alpha value is -1.63. The van der Waals surface area contributed by atoms with E-state index in [1.54, 1.807) is 6.92 Å². The molecule has 0 spiro atoms. The molecule has 1 aromatic rings. The summed E-state index contributed by atoms with van der Waals surface area (Å²) in [7, 11) is 0. The average molecular weight is 167 g/mol. The molecule has 0 aliphatic heterocycles. The molecule has 0 radical (unpaired) electrons. The number of nitrogens with zero attached hydrogens (tertiary/aromatic N) is 2. The Morgan fingerprint density at radius 2 is 2.33 bits per heavy atom. The SMILES string of the molecule is CCOc1ccc([N+]#N)cc1F. The Bertz CT molecular complexity index is 319. The fourth-order valence-electron chi connectivity index (χ4n) is 0.825. The van der Waals surface area contributed by atoms with Gasteiger partial charge in [-0.15, -0.1) is 0 Å². The third kappa shape index (κ3) is 1.70. The van der Waals surface area contributed by atoms with E-state index < -0.39 is 5.82 Å². The quantitative estimate of drug-likeness (QED) is 0.635. The highest BCUT2D eigenvalue weighted by atomic mass is 19.1. The van der Waals surface area contributed by atoms with Gasteiger partial charge < -0.3 is 4.74 Å². The Balaban J connectivity index is 2.97. The molecule has 0 amide bonds. The lowest BCUT2D eigenvalue weighted by Gasteiger charge is -2.00. The number of rotatable bonds is 2. The molecule has 0 saturated heterocycles. The van der Waals surface area contributed by atoms with Crippen LogP contribution in [-0.4, -0.2) is 6.61 Å². The zero-order chi connectivity index (χ0) is 8.97. The number of ether oxygens (including phenoxy) is 1. The van der Waals surface area contributed by atoms with Gasteiger partial charge in [0.1, 0.15) is 0 Å². The zero-order valence-electron chi connectivity index (χ0n) is 6.62. The van der Waals surface area contributed by atoms with Crippen molar-refractivity contribution < 1.29 is 9.13 Å². The Kier molecular flexibility index (Phi) is 2.59. The molecular formula is C8H8FN2O+. The standard InChI is InChI=1S/C8H8FN2O/c1-2-12-8-4-3-6(11-10)5-7(8)9/h3-5H,2H2,1H3/q+1. The van der Waals surface area contributed by atoms with Crippen molar-refractivity contribution in [3.63, 3.8) is 0 Å². The van der Waals surface area contributed by atoms with Crippen LogP contribution in [0.1, 0.15) is 6.92 Å². The highest BCUT2D eigenvalue weighted by Crippen LogP contribution is 2.22. The summed E-state index contributed by atoms with van der Waals surface area (Å²) in [6.45, 7) is 2.18. The van der Waals surface area contributed by atoms with E-state index in [0.717, 1.165) is 6.07 Å². The highest BCUT2D eigenvalue weighted by Gasteiger charge is 2.10. The van der Waals surface area contributed by atoms with E-state index >= 15 is 0 Å². The van der Waals surface area contributed by atoms with Gasteiger partial charge in [-0.05, 0) is 13.0 Å². The molecule has 0 heterocycles. The third-order valence-corrected chi connectivity index (χ3v) is 1.33. The van der Waals surface area contributed by atoms with Crippen molar-refractivity contribution in [3.05, 3.63) is 29.0 Å². The summed E-state index contributed by atoms with van der Waals surface area (Å²) < 4.78 is 17.9. The van der Waals surface area contributed by atoms with Crippen LogP contribution < -0.4 is 4.74 Å². The minimum Gasteiger partial charge on any atom is -0.491 e. The van der Waals surface area contributed by atoms with Gasteiger partial charge in [-0.2, -0.15) is 0 Å². The summed E-state index contributed by atoms with van der Waals surface area (Å²) >= 11 is 0. The second-order valence-corrected chi connectivity index (χ2v) is 2.15. The molecule has 0 atom stereocenters. The molecule has 1 rings (SSSR count). The fraction of sp³-hybridized carbons (Fsp3) is 0.250. The molecule has 12 heavy (non-hydrogen) atoms. The van der Waals surface area contributed by atoms with Crippen molar-refractivity contribution >= 4 is 5.69 Å². The maximum Gasteiger partial charge on any atom is 0.388 e. The molecule has 0 N–H and O–H groups in total. The van der Waals surface area contributed by atoms with Crippen molar-refractivity contribution in [2.45, 2.75) is 6.92 Å². The lowest BCUT2D eigenvalue weighted by Crippen LogP contribution is -1.93. The van der Waals surface area contributed by atoms with Crippen LogP contribution >= 0.6 is 0 Å². The van der Waals surface area contributed by atoms with Gasteiger partial charge in [-0.1, -0.05) is 0 Å². The molecule has 4 heteroatoms. The van der Waals surface area contributed by atoms with Crippen molar-refractivity contribution in [2.75, 3.05) is 6.61 Å². The smallest absolute Gasteiger partial charge is 0.388 e. The van der Waals surface area contributed by atoms with Crippen LogP contribution in [0.3, 0.4) is 0 Å². The van der Waals surface area contributed by atoms with Crippen LogP contribution in [0.4, 0.5) is 10.1 Å². The van der Waals surface area contributed by atoms with Crippen LogP contribution in [0.5, 0.6) is 5.75 Å². The molecule has 0 fully saturated rings. The second-order valence-electron chi connectivity index (χ2n) is 2.15. The molecule has 0 aliphatic rings. The van der Waals surface area contributed by atoms with E-state index in [1.165, 1.54) is 12.1 Å². The van der Waals surface area contributed by atoms with Gasteiger partial charge >= 0.3 is 5.69 Å². The lowest BCUT2D eigenvalue weighted by atomic mass is 10.3. The van der Waals surface area contributed by atoms with E-state index in [0.29, 0.717) is 6.61 Å². The Morgan fingerprint density at radius 1 is 1.58 bits per heavy atom. The molecule has 0 unspecified atom stereocenters. The molecule has 1 aromatic carbocycles. The predicted molar refractivity (Wildman–Crippen MR) is 42.3 cm³/mol. The normalized spacial score (nSPS) is 9.08. The third-order valence-electron chi connectivity index (χ3n) is 1.33. The van der Waals surface area contributed by atoms with Crippen LogP contribution in [0.2, 0.25) is 0 Å². The topological polar surface area (TPSA) is 37.4 Å². The van der Waals surface area contributed by atoms with Crippen molar-refractivity contribution in [2.24, 2.45) is 0 Å². The van der Waals surface area contributed by atoms with Crippen LogP contribution in [0.25, 0.3) is 4.98 Å². The molecule has 3 nitrogen and oxygen atoms in total. The van der Waals surface area contributed by atoms with Crippen molar-refractivity contribution in [1.29, 1.82) is 5.39 Å². The fourth-order valence-corrected chi connectivity index (χ4v) is 0.825. The van der Waals surface area contributed by atoms with Crippen molar-refractivity contribution in [3.8, 4) is 5.75 Å². The summed E-state index contributed by atoms with van der Waals surface area (Å²) in [6, 6.07) is 3.99. The van der Waals surface area contributed by atoms with Crippen LogP contribution in [0.15, 0.2) is 18.2 Å². The summed E-state index contributed by atoms with van der Waals surface area (Å²) in [5.74, 6) is -0.350. The Morgan fingerprint density at radius 3 is 2.83 bits per heavy atom. The Labute approximate surface area is 69.4 Å². The maximum atomic E-state index is 12.9. The number of hydrogen-bond donors (Lipinski definition) is 0. The van der Waals surface area contributed by atoms with Gasteiger partial charge in [-0.3, -0.25) is 0 Å². The minimum atomic E-state index is -0.521. The summed E-state index contributed by atoms with van der Waals surface area (Å²) in [5, 5.41) is 8.30. The first-order chi connectivity index (χ1) is 5.77. The van der Waals surface area contributed by atoms with Gasteiger partial charge in [0.2, 0.25) is 5.39 Å². The average Bonchev–Trinajstić information content (AvgIpc) is 2.09. The summed E-state index contributed by atoms with van der Waals surface area (Å²) in [4.78, 5) is 2.84. The minimum absolute atomic E-state index is 0.171. The second kappa shape index (κ2) is 3.67. The maximum absolute atomic E-state index is 12.9. The van der Waals surface area contributed by atoms with Gasteiger partial charge in [0.15, 0.2) is 16.5 Å². The van der Waals surface area contributed by atoms with Gasteiger partial charge in [0.25, 0.3) is 0 Å². The van der Waals surface area contributed by atoms with E-state index in [9.17, 15) is 4.39 Å². The van der Waals surface area contributed by atoms with Gasteiger partial charge in [-0.25, -0.2) is 4.39 Å². The van der Waals surface area contributed by atoms with E-state index in [1.807, 2.05) is 0 Å². The summed E-state index contributed by atoms with van der Waals surface area (Å²) in [5.41, 5.74) is 0.177. The van der Waals surface area contributed by atoms with Gasteiger partial charge in [0.05, 0.1) is 12.7 Å². The van der Waals surface area contributed by atoms with Crippen LogP contribution in [-0.2, 0) is 0 Å². The van der Waals surface area contributed by atoms with Crippen molar-refractivity contribution in [1.82, 2.24) is 0 Å². The first kappa shape index (κ1) is 8.47. The number of hydrogen-bond acceptors (Lipinski definition) is 2. The number of benzene rings is 1. The predicted octanol–water partition coefficient (Wildman–Crippen LogP) is 2.71. The van der Waals surface area contributed by atoms with Gasteiger partial charge in [0, 0.05) is 6.07 Å². The molecule has 62 valence electrons. The van der Waals surface area contributed by atoms with E-state index in [-0.39, 0.29) is 11.4 Å².